The average molecular weight is 276 g/mol. The Morgan fingerprint density at radius 1 is 1.60 bits per heavy atom. The number of hydrogen-bond acceptors (Lipinski definition) is 2. The number of aliphatic carboxylic acids is 1. The molecule has 1 atom stereocenters. The van der Waals surface area contributed by atoms with Gasteiger partial charge in [-0.3, -0.25) is 9.69 Å². The summed E-state index contributed by atoms with van der Waals surface area (Å²) >= 11 is 3.36. The Labute approximate surface area is 99.3 Å². The third kappa shape index (κ3) is 5.33. The Bertz CT molecular complexity index is 243. The molecule has 0 radical (unpaired) electrons. The van der Waals surface area contributed by atoms with Crippen molar-refractivity contribution in [2.45, 2.75) is 25.7 Å². The zero-order valence-electron chi connectivity index (χ0n) is 8.91. The van der Waals surface area contributed by atoms with Gasteiger partial charge in [-0.1, -0.05) is 22.5 Å². The van der Waals surface area contributed by atoms with Crippen LogP contribution in [0.2, 0.25) is 0 Å². The molecular formula is C11H18BrNO2. The van der Waals surface area contributed by atoms with Crippen molar-refractivity contribution in [3.05, 3.63) is 11.1 Å². The molecule has 0 saturated carbocycles. The smallest absolute Gasteiger partial charge is 0.303 e. The molecule has 0 bridgehead atoms. The lowest BCUT2D eigenvalue weighted by Gasteiger charge is -2.32. The summed E-state index contributed by atoms with van der Waals surface area (Å²) in [7, 11) is 0. The fourth-order valence-corrected chi connectivity index (χ4v) is 2.46. The molecule has 15 heavy (non-hydrogen) atoms. The van der Waals surface area contributed by atoms with Gasteiger partial charge in [0.15, 0.2) is 0 Å². The molecule has 1 fully saturated rings. The van der Waals surface area contributed by atoms with Crippen LogP contribution in [-0.4, -0.2) is 35.6 Å². The predicted molar refractivity (Wildman–Crippen MR) is 64.1 cm³/mol. The molecule has 1 heterocycles. The first-order valence-electron chi connectivity index (χ1n) is 5.35. The zero-order valence-corrected chi connectivity index (χ0v) is 10.5. The molecule has 3 nitrogen and oxygen atoms in total. The van der Waals surface area contributed by atoms with Crippen LogP contribution < -0.4 is 0 Å². The molecule has 1 saturated heterocycles. The summed E-state index contributed by atoms with van der Waals surface area (Å²) in [6.45, 7) is 6.83. The van der Waals surface area contributed by atoms with E-state index in [1.807, 2.05) is 0 Å². The minimum atomic E-state index is -0.683. The first kappa shape index (κ1) is 12.7. The van der Waals surface area contributed by atoms with Crippen molar-refractivity contribution in [1.29, 1.82) is 0 Å². The number of nitrogens with zero attached hydrogens (tertiary/aromatic N) is 1. The molecule has 4 heteroatoms. The molecular weight excluding hydrogens is 258 g/mol. The van der Waals surface area contributed by atoms with Crippen LogP contribution in [0.25, 0.3) is 0 Å². The normalized spacial score (nSPS) is 22.6. The highest BCUT2D eigenvalue weighted by molar-refractivity contribution is 9.11. The highest BCUT2D eigenvalue weighted by Crippen LogP contribution is 2.22. The van der Waals surface area contributed by atoms with E-state index in [1.54, 1.807) is 0 Å². The second kappa shape index (κ2) is 6.28. The van der Waals surface area contributed by atoms with E-state index >= 15 is 0 Å². The summed E-state index contributed by atoms with van der Waals surface area (Å²) in [6.07, 6.45) is 3.44. The Kier molecular flexibility index (Phi) is 5.32. The number of halogens is 1. The standard InChI is InChI=1S/C11H18BrNO2/c1-9(12)7-13-6-2-3-10(8-13)4-5-11(14)15/h10H,1-8H2,(H,14,15). The molecule has 0 aromatic rings. The van der Waals surface area contributed by atoms with Crippen LogP contribution in [0, 0.1) is 5.92 Å². The summed E-state index contributed by atoms with van der Waals surface area (Å²) in [5.74, 6) is -0.140. The van der Waals surface area contributed by atoms with Crippen molar-refractivity contribution in [3.63, 3.8) is 0 Å². The van der Waals surface area contributed by atoms with Crippen LogP contribution >= 0.6 is 15.9 Å². The Morgan fingerprint density at radius 3 is 2.93 bits per heavy atom. The number of carboxylic acids is 1. The van der Waals surface area contributed by atoms with Crippen molar-refractivity contribution in [2.75, 3.05) is 19.6 Å². The van der Waals surface area contributed by atoms with Gasteiger partial charge in [0.1, 0.15) is 0 Å². The quantitative estimate of drug-likeness (QED) is 0.838. The van der Waals surface area contributed by atoms with E-state index in [0.717, 1.165) is 30.5 Å². The van der Waals surface area contributed by atoms with Gasteiger partial charge in [-0.2, -0.15) is 0 Å². The van der Waals surface area contributed by atoms with Crippen LogP contribution in [-0.2, 0) is 4.79 Å². The SMILES string of the molecule is C=C(Br)CN1CCCC(CCC(=O)O)C1. The second-order valence-corrected chi connectivity index (χ2v) is 5.31. The highest BCUT2D eigenvalue weighted by Gasteiger charge is 2.20. The van der Waals surface area contributed by atoms with Gasteiger partial charge in [-0.15, -0.1) is 0 Å². The highest BCUT2D eigenvalue weighted by atomic mass is 79.9. The van der Waals surface area contributed by atoms with Gasteiger partial charge in [0.2, 0.25) is 0 Å². The van der Waals surface area contributed by atoms with E-state index in [1.165, 1.54) is 12.8 Å². The maximum Gasteiger partial charge on any atom is 0.303 e. The minimum Gasteiger partial charge on any atom is -0.481 e. The third-order valence-electron chi connectivity index (χ3n) is 2.76. The summed E-state index contributed by atoms with van der Waals surface area (Å²) in [5, 5.41) is 8.62. The molecule has 1 unspecified atom stereocenters. The summed E-state index contributed by atoms with van der Waals surface area (Å²) < 4.78 is 1.00. The number of piperidine rings is 1. The maximum absolute atomic E-state index is 10.5. The molecule has 1 N–H and O–H groups in total. The summed E-state index contributed by atoms with van der Waals surface area (Å²) in [6, 6.07) is 0. The number of rotatable bonds is 5. The number of likely N-dealkylation sites (tertiary alicyclic amines) is 1. The molecule has 1 rings (SSSR count). The van der Waals surface area contributed by atoms with Gasteiger partial charge in [-0.25, -0.2) is 0 Å². The molecule has 0 aliphatic carbocycles. The van der Waals surface area contributed by atoms with Crippen LogP contribution in [0.4, 0.5) is 0 Å². The lowest BCUT2D eigenvalue weighted by molar-refractivity contribution is -0.137. The Hall–Kier alpha value is -0.350. The average Bonchev–Trinajstić information content (AvgIpc) is 2.14. The van der Waals surface area contributed by atoms with Crippen molar-refractivity contribution in [3.8, 4) is 0 Å². The van der Waals surface area contributed by atoms with Gasteiger partial charge in [-0.05, 0) is 31.7 Å². The van der Waals surface area contributed by atoms with Crippen LogP contribution in [0.15, 0.2) is 11.1 Å². The van der Waals surface area contributed by atoms with Crippen LogP contribution in [0.3, 0.4) is 0 Å². The number of carboxylic acid groups (broad SMARTS) is 1. The molecule has 1 aliphatic rings. The number of hydrogen-bond donors (Lipinski definition) is 1. The fraction of sp³-hybridized carbons (Fsp3) is 0.727. The van der Waals surface area contributed by atoms with E-state index < -0.39 is 5.97 Å². The van der Waals surface area contributed by atoms with E-state index in [-0.39, 0.29) is 0 Å². The predicted octanol–water partition coefficient (Wildman–Crippen LogP) is 2.47. The van der Waals surface area contributed by atoms with Crippen LogP contribution in [0.1, 0.15) is 25.7 Å². The van der Waals surface area contributed by atoms with Crippen molar-refractivity contribution in [2.24, 2.45) is 5.92 Å². The molecule has 1 aliphatic heterocycles. The Morgan fingerprint density at radius 2 is 2.33 bits per heavy atom. The monoisotopic (exact) mass is 275 g/mol. The van der Waals surface area contributed by atoms with E-state index in [9.17, 15) is 4.79 Å². The van der Waals surface area contributed by atoms with Crippen molar-refractivity contribution >= 4 is 21.9 Å². The lowest BCUT2D eigenvalue weighted by Crippen LogP contribution is -2.36. The van der Waals surface area contributed by atoms with Gasteiger partial charge in [0, 0.05) is 24.0 Å². The molecule has 0 aromatic carbocycles. The van der Waals surface area contributed by atoms with Gasteiger partial charge in [0.05, 0.1) is 0 Å². The number of carbonyl (C=O) groups is 1. The third-order valence-corrected chi connectivity index (χ3v) is 3.02. The molecule has 86 valence electrons. The summed E-state index contributed by atoms with van der Waals surface area (Å²) in [5.41, 5.74) is 0. The topological polar surface area (TPSA) is 40.5 Å². The van der Waals surface area contributed by atoms with Gasteiger partial charge >= 0.3 is 5.97 Å². The zero-order chi connectivity index (χ0) is 11.3. The first-order valence-corrected chi connectivity index (χ1v) is 6.14. The maximum atomic E-state index is 10.5. The van der Waals surface area contributed by atoms with E-state index in [2.05, 4.69) is 27.4 Å². The molecule has 0 spiro atoms. The Balaban J connectivity index is 2.28. The largest absolute Gasteiger partial charge is 0.481 e. The minimum absolute atomic E-state index is 0.299. The van der Waals surface area contributed by atoms with Gasteiger partial charge in [0.25, 0.3) is 0 Å². The molecule has 0 amide bonds. The lowest BCUT2D eigenvalue weighted by atomic mass is 9.93. The second-order valence-electron chi connectivity index (χ2n) is 4.19. The van der Waals surface area contributed by atoms with Crippen molar-refractivity contribution in [1.82, 2.24) is 4.90 Å². The summed E-state index contributed by atoms with van der Waals surface area (Å²) in [4.78, 5) is 12.8. The van der Waals surface area contributed by atoms with Gasteiger partial charge < -0.3 is 5.11 Å². The van der Waals surface area contributed by atoms with E-state index in [0.29, 0.717) is 12.3 Å². The van der Waals surface area contributed by atoms with Crippen LogP contribution in [0.5, 0.6) is 0 Å². The fourth-order valence-electron chi connectivity index (χ4n) is 2.10. The molecule has 0 aromatic heterocycles. The first-order chi connectivity index (χ1) is 7.08. The van der Waals surface area contributed by atoms with E-state index in [4.69, 9.17) is 5.11 Å². The van der Waals surface area contributed by atoms with Crippen molar-refractivity contribution < 1.29 is 9.90 Å².